The molecule has 38 heavy (non-hydrogen) atoms. The van der Waals surface area contributed by atoms with Crippen molar-refractivity contribution in [1.82, 2.24) is 19.6 Å². The van der Waals surface area contributed by atoms with E-state index >= 15 is 0 Å². The lowest BCUT2D eigenvalue weighted by Crippen LogP contribution is -2.49. The molecule has 2 aromatic carbocycles. The molecule has 192 valence electrons. The lowest BCUT2D eigenvalue weighted by atomic mass is 10.0. The maximum atomic E-state index is 12.9. The van der Waals surface area contributed by atoms with Gasteiger partial charge >= 0.3 is 12.1 Å². The second-order valence-corrected chi connectivity index (χ2v) is 9.09. The van der Waals surface area contributed by atoms with Crippen LogP contribution < -0.4 is 5.32 Å². The number of likely N-dealkylation sites (tertiary alicyclic amines) is 1. The van der Waals surface area contributed by atoms with E-state index in [-0.39, 0.29) is 31.8 Å². The van der Waals surface area contributed by atoms with Crippen LogP contribution in [0.3, 0.4) is 0 Å². The van der Waals surface area contributed by atoms with Crippen LogP contribution in [0.25, 0.3) is 28.0 Å². The summed E-state index contributed by atoms with van der Waals surface area (Å²) in [6.07, 6.45) is -0.648. The topological polar surface area (TPSA) is 90.5 Å². The molecule has 0 atom stereocenters. The molecule has 0 unspecified atom stereocenters. The van der Waals surface area contributed by atoms with Gasteiger partial charge in [0, 0.05) is 36.5 Å². The molecule has 7 nitrogen and oxygen atoms in total. The van der Waals surface area contributed by atoms with Crippen molar-refractivity contribution >= 4 is 17.5 Å². The molecule has 1 N–H and O–H groups in total. The predicted octanol–water partition coefficient (Wildman–Crippen LogP) is 4.82. The highest BCUT2D eigenvalue weighted by molar-refractivity contribution is 5.95. The normalized spacial score (nSPS) is 14.3. The second-order valence-electron chi connectivity index (χ2n) is 9.09. The number of nitrogens with zero attached hydrogens (tertiary/aromatic N) is 4. The molecule has 0 bridgehead atoms. The van der Waals surface area contributed by atoms with E-state index in [9.17, 15) is 22.8 Å². The van der Waals surface area contributed by atoms with Crippen molar-refractivity contribution in [2.24, 2.45) is 0 Å². The van der Waals surface area contributed by atoms with Gasteiger partial charge in [-0.1, -0.05) is 24.3 Å². The summed E-state index contributed by atoms with van der Waals surface area (Å²) in [4.78, 5) is 30.2. The van der Waals surface area contributed by atoms with Crippen molar-refractivity contribution in [1.29, 1.82) is 5.26 Å². The number of aromatic nitrogens is 2. The van der Waals surface area contributed by atoms with Gasteiger partial charge in [-0.2, -0.15) is 18.4 Å². The fourth-order valence-electron chi connectivity index (χ4n) is 4.56. The number of amides is 2. The summed E-state index contributed by atoms with van der Waals surface area (Å²) in [5.74, 6) is -2.15. The number of imidazole rings is 1. The van der Waals surface area contributed by atoms with Crippen LogP contribution in [0.2, 0.25) is 0 Å². The van der Waals surface area contributed by atoms with Crippen molar-refractivity contribution in [2.45, 2.75) is 25.1 Å². The standard InChI is InChI=1S/C28H22F3N5O2/c29-28(30,31)27(38)34-23-11-13-35(14-12-23)26(37)21-7-5-19(6-8-21)22-9-10-25-33-16-24(36(25)17-22)20-3-1-18(15-32)2-4-20/h1-10,16-17,23H,11-14H2,(H,34,38). The summed E-state index contributed by atoms with van der Waals surface area (Å²) < 4.78 is 39.4. The average Bonchev–Trinajstić information content (AvgIpc) is 3.36. The molecule has 2 amide bonds. The molecular formula is C28H22F3N5O2. The molecule has 1 saturated heterocycles. The van der Waals surface area contributed by atoms with Gasteiger partial charge in [0.15, 0.2) is 0 Å². The average molecular weight is 518 g/mol. The van der Waals surface area contributed by atoms with E-state index in [1.54, 1.807) is 35.4 Å². The van der Waals surface area contributed by atoms with Crippen LogP contribution in [0.5, 0.6) is 0 Å². The summed E-state index contributed by atoms with van der Waals surface area (Å²) in [5.41, 5.74) is 5.46. The van der Waals surface area contributed by atoms with Gasteiger partial charge in [-0.25, -0.2) is 4.98 Å². The number of hydrogen-bond donors (Lipinski definition) is 1. The zero-order valence-electron chi connectivity index (χ0n) is 20.1. The number of fused-ring (bicyclic) bond motifs is 1. The van der Waals surface area contributed by atoms with Crippen molar-refractivity contribution in [3.63, 3.8) is 0 Å². The summed E-state index contributed by atoms with van der Waals surface area (Å²) in [6.45, 7) is 0.525. The van der Waals surface area contributed by atoms with Crippen molar-refractivity contribution < 1.29 is 22.8 Å². The van der Waals surface area contributed by atoms with E-state index < -0.39 is 18.1 Å². The van der Waals surface area contributed by atoms with E-state index in [1.165, 1.54) is 0 Å². The maximum Gasteiger partial charge on any atom is 0.471 e. The van der Waals surface area contributed by atoms with Gasteiger partial charge in [-0.15, -0.1) is 0 Å². The Bertz CT molecular complexity index is 1530. The number of nitriles is 1. The minimum absolute atomic E-state index is 0.203. The Morgan fingerprint density at radius 2 is 1.55 bits per heavy atom. The summed E-state index contributed by atoms with van der Waals surface area (Å²) in [5, 5.41) is 11.0. The van der Waals surface area contributed by atoms with Gasteiger partial charge in [0.25, 0.3) is 5.91 Å². The molecule has 2 aromatic heterocycles. The van der Waals surface area contributed by atoms with Gasteiger partial charge in [-0.3, -0.25) is 14.0 Å². The molecule has 1 aliphatic rings. The second kappa shape index (κ2) is 10.0. The minimum Gasteiger partial charge on any atom is -0.345 e. The summed E-state index contributed by atoms with van der Waals surface area (Å²) in [7, 11) is 0. The van der Waals surface area contributed by atoms with E-state index in [0.717, 1.165) is 28.0 Å². The summed E-state index contributed by atoms with van der Waals surface area (Å²) >= 11 is 0. The molecule has 3 heterocycles. The van der Waals surface area contributed by atoms with Crippen LogP contribution in [0.1, 0.15) is 28.8 Å². The first-order chi connectivity index (χ1) is 18.2. The van der Waals surface area contributed by atoms with Gasteiger partial charge < -0.3 is 10.2 Å². The van der Waals surface area contributed by atoms with Gasteiger partial charge in [0.1, 0.15) is 5.65 Å². The Balaban J connectivity index is 1.28. The van der Waals surface area contributed by atoms with Crippen molar-refractivity contribution in [3.05, 3.63) is 84.2 Å². The number of pyridine rings is 1. The largest absolute Gasteiger partial charge is 0.471 e. The zero-order valence-corrected chi connectivity index (χ0v) is 20.1. The van der Waals surface area contributed by atoms with E-state index in [2.05, 4.69) is 11.1 Å². The highest BCUT2D eigenvalue weighted by atomic mass is 19.4. The molecule has 4 aromatic rings. The smallest absolute Gasteiger partial charge is 0.345 e. The monoisotopic (exact) mass is 517 g/mol. The lowest BCUT2D eigenvalue weighted by Gasteiger charge is -2.32. The Hall–Kier alpha value is -4.65. The molecule has 0 aliphatic carbocycles. The predicted molar refractivity (Wildman–Crippen MR) is 134 cm³/mol. The number of piperidine rings is 1. The Labute approximate surface area is 216 Å². The minimum atomic E-state index is -4.91. The first-order valence-corrected chi connectivity index (χ1v) is 12.0. The molecule has 0 radical (unpaired) electrons. The van der Waals surface area contributed by atoms with Crippen LogP contribution in [0, 0.1) is 11.3 Å². The summed E-state index contributed by atoms with van der Waals surface area (Å²) in [6, 6.07) is 19.8. The number of benzene rings is 2. The molecule has 0 spiro atoms. The maximum absolute atomic E-state index is 12.9. The van der Waals surface area contributed by atoms with Gasteiger partial charge in [-0.05, 0) is 60.4 Å². The first-order valence-electron chi connectivity index (χ1n) is 12.0. The number of hydrogen-bond acceptors (Lipinski definition) is 4. The van der Waals surface area contributed by atoms with Gasteiger partial charge in [0.05, 0.1) is 23.5 Å². The highest BCUT2D eigenvalue weighted by Crippen LogP contribution is 2.26. The molecule has 5 rings (SSSR count). The highest BCUT2D eigenvalue weighted by Gasteiger charge is 2.40. The lowest BCUT2D eigenvalue weighted by molar-refractivity contribution is -0.174. The fourth-order valence-corrected chi connectivity index (χ4v) is 4.56. The molecule has 1 fully saturated rings. The first kappa shape index (κ1) is 25.0. The SMILES string of the molecule is N#Cc1ccc(-c2cnc3ccc(-c4ccc(C(=O)N5CCC(NC(=O)C(F)(F)F)CC5)cc4)cn23)cc1. The number of nitrogens with one attached hydrogen (secondary N) is 1. The van der Waals surface area contributed by atoms with Crippen molar-refractivity contribution in [2.75, 3.05) is 13.1 Å². The number of carbonyl (C=O) groups excluding carboxylic acids is 2. The third kappa shape index (κ3) is 5.09. The van der Waals surface area contributed by atoms with E-state index in [4.69, 9.17) is 5.26 Å². The number of carbonyl (C=O) groups is 2. The Kier molecular flexibility index (Phi) is 6.59. The molecule has 10 heteroatoms. The third-order valence-corrected chi connectivity index (χ3v) is 6.66. The Morgan fingerprint density at radius 1 is 0.921 bits per heavy atom. The Morgan fingerprint density at radius 3 is 2.18 bits per heavy atom. The van der Waals surface area contributed by atoms with Crippen LogP contribution in [0.15, 0.2) is 73.1 Å². The molecule has 0 saturated carbocycles. The number of alkyl halides is 3. The number of halogens is 3. The van der Waals surface area contributed by atoms with Crippen LogP contribution in [0.4, 0.5) is 13.2 Å². The van der Waals surface area contributed by atoms with E-state index in [0.29, 0.717) is 11.1 Å². The number of rotatable bonds is 4. The van der Waals surface area contributed by atoms with Crippen LogP contribution in [-0.2, 0) is 4.79 Å². The zero-order chi connectivity index (χ0) is 26.9. The third-order valence-electron chi connectivity index (χ3n) is 6.66. The van der Waals surface area contributed by atoms with Crippen molar-refractivity contribution in [3.8, 4) is 28.5 Å². The van der Waals surface area contributed by atoms with Crippen LogP contribution in [-0.4, -0.2) is 51.4 Å². The molecular weight excluding hydrogens is 495 g/mol. The van der Waals surface area contributed by atoms with Crippen LogP contribution >= 0.6 is 0 Å². The molecule has 1 aliphatic heterocycles. The quantitative estimate of drug-likeness (QED) is 0.420. The van der Waals surface area contributed by atoms with Gasteiger partial charge in [0.2, 0.25) is 0 Å². The fraction of sp³-hybridized carbons (Fsp3) is 0.214. The van der Waals surface area contributed by atoms with E-state index in [1.807, 2.05) is 52.3 Å².